The van der Waals surface area contributed by atoms with Crippen molar-refractivity contribution in [1.82, 2.24) is 9.97 Å². The van der Waals surface area contributed by atoms with E-state index in [1.807, 2.05) is 7.05 Å². The number of hydrogen-bond donors (Lipinski definition) is 0. The van der Waals surface area contributed by atoms with Crippen LogP contribution >= 0.6 is 22.9 Å². The summed E-state index contributed by atoms with van der Waals surface area (Å²) in [6.07, 6.45) is 4.28. The van der Waals surface area contributed by atoms with Gasteiger partial charge in [0, 0.05) is 24.4 Å². The lowest BCUT2D eigenvalue weighted by Gasteiger charge is -2.25. The van der Waals surface area contributed by atoms with Gasteiger partial charge in [-0.2, -0.15) is 0 Å². The van der Waals surface area contributed by atoms with Crippen molar-refractivity contribution in [3.05, 3.63) is 39.9 Å². The quantitative estimate of drug-likeness (QED) is 0.851. The van der Waals surface area contributed by atoms with E-state index >= 15 is 0 Å². The summed E-state index contributed by atoms with van der Waals surface area (Å²) in [6, 6.07) is 4.59. The van der Waals surface area contributed by atoms with E-state index in [0.29, 0.717) is 11.2 Å². The average molecular weight is 268 g/mol. The molecule has 2 heterocycles. The number of likely N-dealkylation sites (N-methyl/N-ethyl adjacent to an activating group) is 1. The Kier molecular flexibility index (Phi) is 3.97. The van der Waals surface area contributed by atoms with Gasteiger partial charge >= 0.3 is 0 Å². The van der Waals surface area contributed by atoms with Crippen LogP contribution in [0.2, 0.25) is 5.15 Å². The highest BCUT2D eigenvalue weighted by molar-refractivity contribution is 7.09. The van der Waals surface area contributed by atoms with Crippen molar-refractivity contribution < 1.29 is 0 Å². The number of halogens is 1. The van der Waals surface area contributed by atoms with Crippen LogP contribution in [0.4, 0.5) is 5.82 Å². The molecule has 0 saturated carbocycles. The second-order valence-corrected chi connectivity index (χ2v) is 5.36. The fourth-order valence-corrected chi connectivity index (χ4v) is 2.55. The van der Waals surface area contributed by atoms with Crippen LogP contribution in [0.15, 0.2) is 29.9 Å². The highest BCUT2D eigenvalue weighted by Crippen LogP contribution is 2.18. The summed E-state index contributed by atoms with van der Waals surface area (Å²) in [5.41, 5.74) is 0. The lowest BCUT2D eigenvalue weighted by molar-refractivity contribution is 0.679. The third kappa shape index (κ3) is 3.17. The highest BCUT2D eigenvalue weighted by atomic mass is 35.5. The van der Waals surface area contributed by atoms with Crippen molar-refractivity contribution >= 4 is 28.8 Å². The maximum Gasteiger partial charge on any atom is 0.149 e. The second kappa shape index (κ2) is 5.47. The molecule has 0 fully saturated rings. The third-order valence-electron chi connectivity index (χ3n) is 2.69. The Morgan fingerprint density at radius 1 is 1.47 bits per heavy atom. The van der Waals surface area contributed by atoms with E-state index in [1.54, 1.807) is 23.7 Å². The number of anilines is 1. The Balaban J connectivity index is 2.06. The van der Waals surface area contributed by atoms with Gasteiger partial charge < -0.3 is 4.90 Å². The number of hydrogen-bond acceptors (Lipinski definition) is 4. The maximum atomic E-state index is 5.84. The van der Waals surface area contributed by atoms with E-state index in [-0.39, 0.29) is 0 Å². The van der Waals surface area contributed by atoms with Crippen LogP contribution in [0.5, 0.6) is 0 Å². The monoisotopic (exact) mass is 267 g/mol. The Hall–Kier alpha value is -1.13. The first-order chi connectivity index (χ1) is 8.16. The van der Waals surface area contributed by atoms with Crippen LogP contribution in [0.3, 0.4) is 0 Å². The zero-order chi connectivity index (χ0) is 12.3. The molecule has 0 aliphatic heterocycles. The SMILES string of the molecule is CC(Cc1cccs1)N(C)c1cncc(Cl)n1. The van der Waals surface area contributed by atoms with Gasteiger partial charge in [0.05, 0.1) is 12.4 Å². The van der Waals surface area contributed by atoms with Crippen LogP contribution in [0.25, 0.3) is 0 Å². The molecule has 0 bridgehead atoms. The van der Waals surface area contributed by atoms with E-state index in [4.69, 9.17) is 11.6 Å². The topological polar surface area (TPSA) is 29.0 Å². The lowest BCUT2D eigenvalue weighted by atomic mass is 10.2. The van der Waals surface area contributed by atoms with E-state index in [0.717, 1.165) is 12.2 Å². The van der Waals surface area contributed by atoms with Gasteiger partial charge in [0.1, 0.15) is 11.0 Å². The van der Waals surface area contributed by atoms with E-state index in [9.17, 15) is 0 Å². The molecule has 0 aromatic carbocycles. The standard InChI is InChI=1S/C12H14ClN3S/c1-9(6-10-4-3-5-17-10)16(2)12-8-14-7-11(13)15-12/h3-5,7-9H,6H2,1-2H3. The minimum atomic E-state index is 0.362. The van der Waals surface area contributed by atoms with Crippen LogP contribution in [0, 0.1) is 0 Å². The molecule has 90 valence electrons. The second-order valence-electron chi connectivity index (χ2n) is 3.94. The van der Waals surface area contributed by atoms with Crippen molar-refractivity contribution in [2.45, 2.75) is 19.4 Å². The van der Waals surface area contributed by atoms with Crippen molar-refractivity contribution in [2.75, 3.05) is 11.9 Å². The van der Waals surface area contributed by atoms with Crippen LogP contribution in [0.1, 0.15) is 11.8 Å². The first-order valence-corrected chi connectivity index (χ1v) is 6.65. The van der Waals surface area contributed by atoms with Gasteiger partial charge in [-0.15, -0.1) is 11.3 Å². The number of nitrogens with zero attached hydrogens (tertiary/aromatic N) is 3. The molecule has 0 amide bonds. The molecule has 0 N–H and O–H groups in total. The molecule has 0 spiro atoms. The minimum Gasteiger partial charge on any atom is -0.355 e. The van der Waals surface area contributed by atoms with E-state index < -0.39 is 0 Å². The molecule has 0 saturated heterocycles. The summed E-state index contributed by atoms with van der Waals surface area (Å²) in [5, 5.41) is 2.53. The molecular formula is C12H14ClN3S. The molecule has 5 heteroatoms. The molecule has 2 rings (SSSR count). The Bertz CT molecular complexity index is 472. The summed E-state index contributed by atoms with van der Waals surface area (Å²) in [7, 11) is 2.01. The molecule has 2 aromatic heterocycles. The first kappa shape index (κ1) is 12.3. The molecule has 1 atom stereocenters. The molecule has 17 heavy (non-hydrogen) atoms. The van der Waals surface area contributed by atoms with Gasteiger partial charge in [-0.3, -0.25) is 4.98 Å². The smallest absolute Gasteiger partial charge is 0.149 e. The van der Waals surface area contributed by atoms with Gasteiger partial charge in [0.2, 0.25) is 0 Å². The molecule has 0 aliphatic rings. The molecule has 3 nitrogen and oxygen atoms in total. The average Bonchev–Trinajstić information content (AvgIpc) is 2.80. The molecule has 1 unspecified atom stereocenters. The zero-order valence-electron chi connectivity index (χ0n) is 9.80. The predicted octanol–water partition coefficient (Wildman–Crippen LogP) is 3.26. The summed E-state index contributed by atoms with van der Waals surface area (Å²) in [5.74, 6) is 0.807. The predicted molar refractivity (Wildman–Crippen MR) is 72.9 cm³/mol. The Morgan fingerprint density at radius 3 is 2.94 bits per heavy atom. The Labute approximate surface area is 110 Å². The fourth-order valence-electron chi connectivity index (χ4n) is 1.59. The summed E-state index contributed by atoms with van der Waals surface area (Å²) >= 11 is 7.62. The van der Waals surface area contributed by atoms with Crippen molar-refractivity contribution in [3.8, 4) is 0 Å². The van der Waals surface area contributed by atoms with Gasteiger partial charge in [-0.05, 0) is 18.4 Å². The maximum absolute atomic E-state index is 5.84. The number of rotatable bonds is 4. The summed E-state index contributed by atoms with van der Waals surface area (Å²) < 4.78 is 0. The fraction of sp³-hybridized carbons (Fsp3) is 0.333. The molecule has 0 radical (unpaired) electrons. The van der Waals surface area contributed by atoms with E-state index in [1.165, 1.54) is 4.88 Å². The molecule has 0 aliphatic carbocycles. The zero-order valence-corrected chi connectivity index (χ0v) is 11.4. The third-order valence-corrected chi connectivity index (χ3v) is 3.77. The number of thiophene rings is 1. The van der Waals surface area contributed by atoms with Crippen LogP contribution in [-0.4, -0.2) is 23.1 Å². The summed E-state index contributed by atoms with van der Waals surface area (Å²) in [6.45, 7) is 2.17. The van der Waals surface area contributed by atoms with Gasteiger partial charge in [0.15, 0.2) is 0 Å². The van der Waals surface area contributed by atoms with Gasteiger partial charge in [-0.1, -0.05) is 17.7 Å². The van der Waals surface area contributed by atoms with Crippen molar-refractivity contribution in [2.24, 2.45) is 0 Å². The Morgan fingerprint density at radius 2 is 2.29 bits per heavy atom. The van der Waals surface area contributed by atoms with Crippen molar-refractivity contribution in [1.29, 1.82) is 0 Å². The van der Waals surface area contributed by atoms with Crippen LogP contribution < -0.4 is 4.90 Å². The van der Waals surface area contributed by atoms with Crippen molar-refractivity contribution in [3.63, 3.8) is 0 Å². The lowest BCUT2D eigenvalue weighted by Crippen LogP contribution is -2.31. The van der Waals surface area contributed by atoms with Gasteiger partial charge in [-0.25, -0.2) is 4.98 Å². The molecular weight excluding hydrogens is 254 g/mol. The highest BCUT2D eigenvalue weighted by Gasteiger charge is 2.13. The van der Waals surface area contributed by atoms with Gasteiger partial charge in [0.25, 0.3) is 0 Å². The number of aromatic nitrogens is 2. The van der Waals surface area contributed by atoms with E-state index in [2.05, 4.69) is 39.3 Å². The van der Waals surface area contributed by atoms with Crippen LogP contribution in [-0.2, 0) is 6.42 Å². The summed E-state index contributed by atoms with van der Waals surface area (Å²) in [4.78, 5) is 11.8. The minimum absolute atomic E-state index is 0.362. The normalized spacial score (nSPS) is 12.4. The first-order valence-electron chi connectivity index (χ1n) is 5.39. The molecule has 2 aromatic rings. The largest absolute Gasteiger partial charge is 0.355 e.